The zero-order valence-electron chi connectivity index (χ0n) is 11.4. The maximum Gasteiger partial charge on any atom is 0.303 e. The molecule has 0 aliphatic rings. The monoisotopic (exact) mass is 284 g/mol. The van der Waals surface area contributed by atoms with Crippen LogP contribution in [-0.2, 0) is 11.2 Å². The lowest BCUT2D eigenvalue weighted by atomic mass is 9.97. The van der Waals surface area contributed by atoms with Crippen molar-refractivity contribution in [1.29, 1.82) is 0 Å². The molecule has 4 nitrogen and oxygen atoms in total. The molecule has 2 rings (SSSR count). The lowest BCUT2D eigenvalue weighted by Crippen LogP contribution is -2.12. The number of carboxylic acid groups (broad SMARTS) is 1. The topological polar surface area (TPSA) is 74.6 Å². The maximum absolute atomic E-state index is 12.2. The van der Waals surface area contributed by atoms with Gasteiger partial charge in [-0.25, -0.2) is 0 Å². The Kier molecular flexibility index (Phi) is 4.85. The number of rotatable bonds is 6. The van der Waals surface area contributed by atoms with E-state index in [4.69, 9.17) is 5.11 Å². The summed E-state index contributed by atoms with van der Waals surface area (Å²) in [5.74, 6) is -1.24. The number of benzene rings is 2. The van der Waals surface area contributed by atoms with Crippen LogP contribution in [0.4, 0.5) is 0 Å². The van der Waals surface area contributed by atoms with E-state index >= 15 is 0 Å². The number of ketones is 1. The summed E-state index contributed by atoms with van der Waals surface area (Å²) in [7, 11) is 0. The summed E-state index contributed by atoms with van der Waals surface area (Å²) in [4.78, 5) is 22.8. The minimum atomic E-state index is -1.24. The first-order chi connectivity index (χ1) is 10.1. The molecule has 21 heavy (non-hydrogen) atoms. The predicted octanol–water partition coefficient (Wildman–Crippen LogP) is 2.62. The molecule has 2 N–H and O–H groups in total. The molecular weight excluding hydrogens is 268 g/mol. The normalized spacial score (nSPS) is 11.9. The molecule has 4 heteroatoms. The third-order valence-corrected chi connectivity index (χ3v) is 3.20. The van der Waals surface area contributed by atoms with Crippen molar-refractivity contribution in [2.75, 3.05) is 0 Å². The van der Waals surface area contributed by atoms with E-state index < -0.39 is 12.1 Å². The second-order valence-electron chi connectivity index (χ2n) is 4.77. The molecule has 0 aliphatic heterocycles. The number of aliphatic carboxylic acids is 1. The van der Waals surface area contributed by atoms with E-state index in [-0.39, 0.29) is 12.2 Å². The minimum absolute atomic E-state index is 0.0200. The smallest absolute Gasteiger partial charge is 0.303 e. The van der Waals surface area contributed by atoms with Crippen LogP contribution >= 0.6 is 0 Å². The van der Waals surface area contributed by atoms with Crippen molar-refractivity contribution in [2.45, 2.75) is 18.9 Å². The molecule has 0 heterocycles. The highest BCUT2D eigenvalue weighted by Crippen LogP contribution is 2.20. The van der Waals surface area contributed by atoms with Gasteiger partial charge >= 0.3 is 5.97 Å². The van der Waals surface area contributed by atoms with Crippen LogP contribution in [0.5, 0.6) is 0 Å². The van der Waals surface area contributed by atoms with E-state index in [1.54, 1.807) is 54.6 Å². The predicted molar refractivity (Wildman–Crippen MR) is 78.1 cm³/mol. The fourth-order valence-electron chi connectivity index (χ4n) is 2.08. The van der Waals surface area contributed by atoms with Crippen molar-refractivity contribution in [3.8, 4) is 0 Å². The van der Waals surface area contributed by atoms with E-state index in [1.165, 1.54) is 0 Å². The van der Waals surface area contributed by atoms with Crippen molar-refractivity contribution < 1.29 is 19.8 Å². The highest BCUT2D eigenvalue weighted by atomic mass is 16.4. The summed E-state index contributed by atoms with van der Waals surface area (Å²) in [6, 6.07) is 15.4. The molecule has 108 valence electrons. The summed E-state index contributed by atoms with van der Waals surface area (Å²) in [6.07, 6.45) is -0.848. The summed E-state index contributed by atoms with van der Waals surface area (Å²) >= 11 is 0. The SMILES string of the molecule is O=C(O)CCc1cccc(C(O)C(=O)c2ccccc2)c1. The Morgan fingerprint density at radius 1 is 1.00 bits per heavy atom. The van der Waals surface area contributed by atoms with Crippen LogP contribution < -0.4 is 0 Å². The molecule has 0 fully saturated rings. The highest BCUT2D eigenvalue weighted by Gasteiger charge is 2.19. The third kappa shape index (κ3) is 4.00. The number of aryl methyl sites for hydroxylation is 1. The van der Waals surface area contributed by atoms with Gasteiger partial charge in [-0.1, -0.05) is 54.6 Å². The van der Waals surface area contributed by atoms with E-state index in [9.17, 15) is 14.7 Å². The van der Waals surface area contributed by atoms with Gasteiger partial charge in [0.1, 0.15) is 6.10 Å². The second-order valence-corrected chi connectivity index (χ2v) is 4.77. The van der Waals surface area contributed by atoms with E-state index in [0.29, 0.717) is 17.5 Å². The summed E-state index contributed by atoms with van der Waals surface area (Å²) in [5, 5.41) is 18.9. The molecule has 0 spiro atoms. The van der Waals surface area contributed by atoms with Gasteiger partial charge < -0.3 is 10.2 Å². The highest BCUT2D eigenvalue weighted by molar-refractivity contribution is 5.99. The van der Waals surface area contributed by atoms with Crippen LogP contribution in [0.3, 0.4) is 0 Å². The molecule has 2 aromatic rings. The maximum atomic E-state index is 12.2. The number of carbonyl (C=O) groups excluding carboxylic acids is 1. The van der Waals surface area contributed by atoms with Crippen molar-refractivity contribution in [3.63, 3.8) is 0 Å². The summed E-state index contributed by atoms with van der Waals surface area (Å²) in [6.45, 7) is 0. The van der Waals surface area contributed by atoms with Crippen LogP contribution in [0.25, 0.3) is 0 Å². The molecular formula is C17H16O4. The lowest BCUT2D eigenvalue weighted by Gasteiger charge is -2.11. The Morgan fingerprint density at radius 2 is 1.71 bits per heavy atom. The number of hydrogen-bond acceptors (Lipinski definition) is 3. The number of aliphatic hydroxyl groups is 1. The fraction of sp³-hybridized carbons (Fsp3) is 0.176. The van der Waals surface area contributed by atoms with Gasteiger partial charge in [-0.15, -0.1) is 0 Å². The first-order valence-electron chi connectivity index (χ1n) is 6.66. The van der Waals surface area contributed by atoms with Crippen molar-refractivity contribution in [2.24, 2.45) is 0 Å². The van der Waals surface area contributed by atoms with Gasteiger partial charge in [-0.3, -0.25) is 9.59 Å². The molecule has 0 aromatic heterocycles. The average molecular weight is 284 g/mol. The number of Topliss-reactive ketones (excluding diaryl/α,β-unsaturated/α-hetero) is 1. The Hall–Kier alpha value is -2.46. The van der Waals surface area contributed by atoms with Gasteiger partial charge in [-0.05, 0) is 17.5 Å². The molecule has 0 bridgehead atoms. The largest absolute Gasteiger partial charge is 0.481 e. The van der Waals surface area contributed by atoms with Gasteiger partial charge in [0, 0.05) is 12.0 Å². The number of hydrogen-bond donors (Lipinski definition) is 2. The van der Waals surface area contributed by atoms with Crippen molar-refractivity contribution >= 4 is 11.8 Å². The molecule has 1 atom stereocenters. The van der Waals surface area contributed by atoms with Gasteiger partial charge in [0.15, 0.2) is 5.78 Å². The lowest BCUT2D eigenvalue weighted by molar-refractivity contribution is -0.136. The van der Waals surface area contributed by atoms with Gasteiger partial charge in [0.05, 0.1) is 0 Å². The Labute approximate surface area is 122 Å². The second kappa shape index (κ2) is 6.81. The Balaban J connectivity index is 2.15. The van der Waals surface area contributed by atoms with E-state index in [1.807, 2.05) is 0 Å². The standard InChI is InChI=1S/C17H16O4/c18-15(19)10-9-12-5-4-8-14(11-12)17(21)16(20)13-6-2-1-3-7-13/h1-8,11,17,21H,9-10H2,(H,18,19). The van der Waals surface area contributed by atoms with Gasteiger partial charge in [-0.2, -0.15) is 0 Å². The molecule has 0 amide bonds. The summed E-state index contributed by atoms with van der Waals surface area (Å²) < 4.78 is 0. The van der Waals surface area contributed by atoms with Crippen LogP contribution in [0.1, 0.15) is 34.0 Å². The molecule has 0 radical (unpaired) electrons. The van der Waals surface area contributed by atoms with Crippen LogP contribution in [0, 0.1) is 0 Å². The van der Waals surface area contributed by atoms with Crippen molar-refractivity contribution in [1.82, 2.24) is 0 Å². The molecule has 0 aliphatic carbocycles. The Morgan fingerprint density at radius 3 is 2.38 bits per heavy atom. The van der Waals surface area contributed by atoms with Gasteiger partial charge in [0.2, 0.25) is 0 Å². The quantitative estimate of drug-likeness (QED) is 0.800. The zero-order chi connectivity index (χ0) is 15.2. The molecule has 0 saturated heterocycles. The number of carboxylic acids is 1. The first-order valence-corrected chi connectivity index (χ1v) is 6.66. The Bertz CT molecular complexity index is 634. The molecule has 2 aromatic carbocycles. The number of aliphatic hydroxyl groups excluding tert-OH is 1. The zero-order valence-corrected chi connectivity index (χ0v) is 11.4. The summed E-state index contributed by atoms with van der Waals surface area (Å²) in [5.41, 5.74) is 1.71. The number of carbonyl (C=O) groups is 2. The van der Waals surface area contributed by atoms with E-state index in [2.05, 4.69) is 0 Å². The first kappa shape index (κ1) is 14.9. The molecule has 1 unspecified atom stereocenters. The van der Waals surface area contributed by atoms with E-state index in [0.717, 1.165) is 5.56 Å². The third-order valence-electron chi connectivity index (χ3n) is 3.20. The fourth-order valence-corrected chi connectivity index (χ4v) is 2.08. The van der Waals surface area contributed by atoms with Crippen LogP contribution in [-0.4, -0.2) is 22.0 Å². The van der Waals surface area contributed by atoms with Crippen LogP contribution in [0.2, 0.25) is 0 Å². The van der Waals surface area contributed by atoms with Crippen LogP contribution in [0.15, 0.2) is 54.6 Å². The molecule has 0 saturated carbocycles. The van der Waals surface area contributed by atoms with Gasteiger partial charge in [0.25, 0.3) is 0 Å². The minimum Gasteiger partial charge on any atom is -0.481 e. The average Bonchev–Trinajstić information content (AvgIpc) is 2.52. The van der Waals surface area contributed by atoms with Crippen molar-refractivity contribution in [3.05, 3.63) is 71.3 Å².